The molecule has 3 rings (SSSR count). The molecule has 1 aromatic carbocycles. The summed E-state index contributed by atoms with van der Waals surface area (Å²) >= 11 is 7.49. The van der Waals surface area contributed by atoms with E-state index in [0.29, 0.717) is 34.8 Å². The summed E-state index contributed by atoms with van der Waals surface area (Å²) in [6.45, 7) is 2.71. The van der Waals surface area contributed by atoms with Crippen LogP contribution in [0, 0.1) is 6.92 Å². The Kier molecular flexibility index (Phi) is 3.54. The van der Waals surface area contributed by atoms with Gasteiger partial charge in [0.1, 0.15) is 4.90 Å². The number of nitrogens with zero attached hydrogens (tertiary/aromatic N) is 1. The van der Waals surface area contributed by atoms with Crippen LogP contribution in [-0.2, 0) is 10.0 Å². The molecule has 108 valence electrons. The monoisotopic (exact) mass is 330 g/mol. The zero-order valence-electron chi connectivity index (χ0n) is 11.0. The van der Waals surface area contributed by atoms with Crippen molar-refractivity contribution in [3.05, 3.63) is 28.1 Å². The number of benzene rings is 1. The molecule has 0 unspecified atom stereocenters. The lowest BCUT2D eigenvalue weighted by molar-refractivity contribution is 0.473. The van der Waals surface area contributed by atoms with Crippen molar-refractivity contribution in [3.8, 4) is 0 Å². The predicted molar refractivity (Wildman–Crippen MR) is 82.9 cm³/mol. The lowest BCUT2D eigenvalue weighted by Crippen LogP contribution is -2.32. The van der Waals surface area contributed by atoms with Crippen LogP contribution in [-0.4, -0.2) is 31.9 Å². The SMILES string of the molecule is Cc1sc2ccc(Cl)cc2c1S(=O)(=O)N1CC[C@@H](N)C1. The van der Waals surface area contributed by atoms with Crippen molar-refractivity contribution < 1.29 is 8.42 Å². The van der Waals surface area contributed by atoms with Crippen LogP contribution in [0.15, 0.2) is 23.1 Å². The molecular weight excluding hydrogens is 316 g/mol. The third-order valence-electron chi connectivity index (χ3n) is 3.55. The first-order valence-electron chi connectivity index (χ1n) is 6.34. The molecule has 1 aliphatic rings. The van der Waals surface area contributed by atoms with Crippen LogP contribution in [0.1, 0.15) is 11.3 Å². The van der Waals surface area contributed by atoms with Crippen molar-refractivity contribution in [2.75, 3.05) is 13.1 Å². The van der Waals surface area contributed by atoms with Crippen molar-refractivity contribution in [1.82, 2.24) is 4.31 Å². The summed E-state index contributed by atoms with van der Waals surface area (Å²) in [5.74, 6) is 0. The van der Waals surface area contributed by atoms with Gasteiger partial charge >= 0.3 is 0 Å². The van der Waals surface area contributed by atoms with Gasteiger partial charge in [0, 0.05) is 39.1 Å². The Hall–Kier alpha value is -0.660. The van der Waals surface area contributed by atoms with Crippen LogP contribution in [0.3, 0.4) is 0 Å². The number of aryl methyl sites for hydroxylation is 1. The minimum Gasteiger partial charge on any atom is -0.326 e. The molecule has 4 nitrogen and oxygen atoms in total. The third kappa shape index (κ3) is 2.25. The normalized spacial score (nSPS) is 20.9. The number of halogens is 1. The van der Waals surface area contributed by atoms with Gasteiger partial charge in [-0.3, -0.25) is 0 Å². The first-order chi connectivity index (χ1) is 9.39. The van der Waals surface area contributed by atoms with Crippen LogP contribution >= 0.6 is 22.9 Å². The van der Waals surface area contributed by atoms with Gasteiger partial charge in [0.2, 0.25) is 10.0 Å². The van der Waals surface area contributed by atoms with Gasteiger partial charge in [-0.1, -0.05) is 11.6 Å². The van der Waals surface area contributed by atoms with Gasteiger partial charge in [-0.15, -0.1) is 11.3 Å². The van der Waals surface area contributed by atoms with Crippen molar-refractivity contribution >= 4 is 43.0 Å². The highest BCUT2D eigenvalue weighted by Gasteiger charge is 2.34. The highest BCUT2D eigenvalue weighted by atomic mass is 35.5. The fourth-order valence-electron chi connectivity index (χ4n) is 2.59. The van der Waals surface area contributed by atoms with Crippen LogP contribution in [0.2, 0.25) is 5.02 Å². The molecular formula is C13H15ClN2O2S2. The fraction of sp³-hybridized carbons (Fsp3) is 0.385. The summed E-state index contributed by atoms with van der Waals surface area (Å²) in [6.07, 6.45) is 0.709. The van der Waals surface area contributed by atoms with Crippen LogP contribution in [0.4, 0.5) is 0 Å². The second kappa shape index (κ2) is 4.96. The Morgan fingerprint density at radius 3 is 2.85 bits per heavy atom. The summed E-state index contributed by atoms with van der Waals surface area (Å²) in [7, 11) is -3.50. The van der Waals surface area contributed by atoms with Crippen molar-refractivity contribution in [2.24, 2.45) is 5.73 Å². The molecule has 2 N–H and O–H groups in total. The average molecular weight is 331 g/mol. The Labute approximate surface area is 127 Å². The van der Waals surface area contributed by atoms with E-state index in [1.54, 1.807) is 12.1 Å². The van der Waals surface area contributed by atoms with E-state index in [1.807, 2.05) is 13.0 Å². The van der Waals surface area contributed by atoms with E-state index < -0.39 is 10.0 Å². The number of rotatable bonds is 2. The van der Waals surface area contributed by atoms with Gasteiger partial charge < -0.3 is 5.73 Å². The molecule has 2 heterocycles. The second-order valence-corrected chi connectivity index (χ2v) is 8.61. The molecule has 20 heavy (non-hydrogen) atoms. The highest BCUT2D eigenvalue weighted by Crippen LogP contribution is 2.37. The highest BCUT2D eigenvalue weighted by molar-refractivity contribution is 7.89. The van der Waals surface area contributed by atoms with E-state index in [-0.39, 0.29) is 6.04 Å². The van der Waals surface area contributed by atoms with E-state index in [9.17, 15) is 8.42 Å². The molecule has 1 saturated heterocycles. The molecule has 0 spiro atoms. The molecule has 7 heteroatoms. The number of nitrogens with two attached hydrogens (primary N) is 1. The lowest BCUT2D eigenvalue weighted by Gasteiger charge is -2.16. The summed E-state index contributed by atoms with van der Waals surface area (Å²) in [5, 5.41) is 1.25. The van der Waals surface area contributed by atoms with Crippen LogP contribution in [0.5, 0.6) is 0 Å². The van der Waals surface area contributed by atoms with E-state index in [4.69, 9.17) is 17.3 Å². The smallest absolute Gasteiger partial charge is 0.244 e. The molecule has 0 amide bonds. The molecule has 1 fully saturated rings. The third-order valence-corrected chi connectivity index (χ3v) is 7.06. The number of thiophene rings is 1. The molecule has 1 atom stereocenters. The van der Waals surface area contributed by atoms with E-state index in [0.717, 1.165) is 9.58 Å². The quantitative estimate of drug-likeness (QED) is 0.920. The van der Waals surface area contributed by atoms with Gasteiger partial charge in [-0.2, -0.15) is 4.31 Å². The van der Waals surface area contributed by atoms with Crippen molar-refractivity contribution in [3.63, 3.8) is 0 Å². The molecule has 0 radical (unpaired) electrons. The van der Waals surface area contributed by atoms with E-state index >= 15 is 0 Å². The van der Waals surface area contributed by atoms with Gasteiger partial charge in [-0.25, -0.2) is 8.42 Å². The maximum Gasteiger partial charge on any atom is 0.244 e. The first-order valence-corrected chi connectivity index (χ1v) is 8.97. The number of hydrogen-bond acceptors (Lipinski definition) is 4. The topological polar surface area (TPSA) is 63.4 Å². The Morgan fingerprint density at radius 2 is 2.20 bits per heavy atom. The number of hydrogen-bond donors (Lipinski definition) is 1. The molecule has 2 aromatic rings. The standard InChI is InChI=1S/C13H15ClN2O2S2/c1-8-13(11-6-9(14)2-3-12(11)19-8)20(17,18)16-5-4-10(15)7-16/h2-3,6,10H,4-5,7,15H2,1H3/t10-/m1/s1. The predicted octanol–water partition coefficient (Wildman–Crippen LogP) is 2.58. The molecule has 1 aliphatic heterocycles. The summed E-state index contributed by atoms with van der Waals surface area (Å²) in [5.41, 5.74) is 5.83. The number of sulfonamides is 1. The molecule has 0 saturated carbocycles. The molecule has 1 aromatic heterocycles. The minimum absolute atomic E-state index is 0.0708. The zero-order chi connectivity index (χ0) is 14.5. The fourth-order valence-corrected chi connectivity index (χ4v) is 6.01. The summed E-state index contributed by atoms with van der Waals surface area (Å²) in [6, 6.07) is 5.30. The Morgan fingerprint density at radius 1 is 1.45 bits per heavy atom. The average Bonchev–Trinajstić information content (AvgIpc) is 2.92. The summed E-state index contributed by atoms with van der Waals surface area (Å²) < 4.78 is 28.1. The maximum atomic E-state index is 12.8. The zero-order valence-corrected chi connectivity index (χ0v) is 13.4. The van der Waals surface area contributed by atoms with Gasteiger partial charge in [-0.05, 0) is 31.5 Å². The van der Waals surface area contributed by atoms with Crippen molar-refractivity contribution in [1.29, 1.82) is 0 Å². The van der Waals surface area contributed by atoms with Crippen LogP contribution < -0.4 is 5.73 Å². The van der Waals surface area contributed by atoms with E-state index in [1.165, 1.54) is 15.6 Å². The largest absolute Gasteiger partial charge is 0.326 e. The number of fused-ring (bicyclic) bond motifs is 1. The Bertz CT molecular complexity index is 770. The molecule has 0 bridgehead atoms. The van der Waals surface area contributed by atoms with Gasteiger partial charge in [0.15, 0.2) is 0 Å². The lowest BCUT2D eigenvalue weighted by atomic mass is 10.2. The minimum atomic E-state index is -3.50. The van der Waals surface area contributed by atoms with Crippen LogP contribution in [0.25, 0.3) is 10.1 Å². The van der Waals surface area contributed by atoms with Gasteiger partial charge in [0.05, 0.1) is 0 Å². The maximum absolute atomic E-state index is 12.8. The van der Waals surface area contributed by atoms with Crippen molar-refractivity contribution in [2.45, 2.75) is 24.3 Å². The van der Waals surface area contributed by atoms with Gasteiger partial charge in [0.25, 0.3) is 0 Å². The first kappa shape index (κ1) is 14.3. The second-order valence-electron chi connectivity index (χ2n) is 5.04. The summed E-state index contributed by atoms with van der Waals surface area (Å²) in [4.78, 5) is 1.18. The van der Waals surface area contributed by atoms with E-state index in [2.05, 4.69) is 0 Å². The Balaban J connectivity index is 2.18. The molecule has 0 aliphatic carbocycles.